The third-order valence-corrected chi connectivity index (χ3v) is 11.5. The predicted molar refractivity (Wildman–Crippen MR) is 180 cm³/mol. The van der Waals surface area contributed by atoms with Crippen LogP contribution in [0.3, 0.4) is 0 Å². The van der Waals surface area contributed by atoms with Crippen molar-refractivity contribution in [3.05, 3.63) is 41.7 Å². The van der Waals surface area contributed by atoms with E-state index < -0.39 is 11.7 Å². The highest BCUT2D eigenvalue weighted by Gasteiger charge is 2.38. The molecule has 2 aliphatic rings. The highest BCUT2D eigenvalue weighted by Crippen LogP contribution is 2.44. The zero-order valence-corrected chi connectivity index (χ0v) is 29.4. The van der Waals surface area contributed by atoms with E-state index in [-0.39, 0.29) is 47.5 Å². The number of furan rings is 2. The van der Waals surface area contributed by atoms with Gasteiger partial charge in [-0.25, -0.2) is 4.98 Å². The molecule has 2 fully saturated rings. The lowest BCUT2D eigenvalue weighted by atomic mass is 9.81. The van der Waals surface area contributed by atoms with Crippen molar-refractivity contribution in [2.24, 2.45) is 23.7 Å². The molecule has 0 aliphatic heterocycles. The third-order valence-electron chi connectivity index (χ3n) is 10.4. The molecule has 0 radical (unpaired) electrons. The van der Waals surface area contributed by atoms with Crippen LogP contribution in [0.2, 0.25) is 0 Å². The largest absolute Gasteiger partial charge is 0.469 e. The number of ether oxygens (including phenoxy) is 4. The Morgan fingerprint density at radius 3 is 1.98 bits per heavy atom. The van der Waals surface area contributed by atoms with E-state index >= 15 is 0 Å². The fourth-order valence-electron chi connectivity index (χ4n) is 7.17. The Balaban J connectivity index is 1.28. The number of carbonyl (C=O) groups is 4. The van der Waals surface area contributed by atoms with Crippen LogP contribution in [0.25, 0.3) is 32.2 Å². The van der Waals surface area contributed by atoms with Gasteiger partial charge in [0.1, 0.15) is 11.7 Å². The molecule has 0 bridgehead atoms. The van der Waals surface area contributed by atoms with Gasteiger partial charge in [-0.2, -0.15) is 0 Å². The molecule has 262 valence electrons. The predicted octanol–water partition coefficient (Wildman–Crippen LogP) is 8.03. The van der Waals surface area contributed by atoms with Crippen LogP contribution in [0.5, 0.6) is 0 Å². The summed E-state index contributed by atoms with van der Waals surface area (Å²) in [6, 6.07) is 7.37. The number of benzene rings is 1. The van der Waals surface area contributed by atoms with Gasteiger partial charge in [0.2, 0.25) is 0 Å². The van der Waals surface area contributed by atoms with Crippen LogP contribution in [0, 0.1) is 23.7 Å². The van der Waals surface area contributed by atoms with E-state index in [0.29, 0.717) is 85.2 Å². The number of hydrogen-bond acceptors (Lipinski definition) is 12. The normalized spacial score (nSPS) is 23.0. The Morgan fingerprint density at radius 1 is 0.857 bits per heavy atom. The first-order valence-electron chi connectivity index (χ1n) is 17.1. The van der Waals surface area contributed by atoms with E-state index in [1.165, 1.54) is 25.6 Å². The lowest BCUT2D eigenvalue weighted by Gasteiger charge is -2.33. The van der Waals surface area contributed by atoms with E-state index in [0.717, 1.165) is 15.8 Å². The van der Waals surface area contributed by atoms with Gasteiger partial charge in [0, 0.05) is 23.3 Å². The number of rotatable bonds is 10. The number of carbonyl (C=O) groups excluding carboxylic acids is 4. The number of methoxy groups -OCH3 is 2. The molecule has 0 amide bonds. The molecular formula is C37H43NO10S. The summed E-state index contributed by atoms with van der Waals surface area (Å²) in [7, 11) is 2.77. The number of nitrogens with zero attached hydrogens (tertiary/aromatic N) is 1. The zero-order valence-electron chi connectivity index (χ0n) is 28.6. The van der Waals surface area contributed by atoms with Crippen LogP contribution in [0.4, 0.5) is 0 Å². The van der Waals surface area contributed by atoms with Crippen LogP contribution >= 0.6 is 11.3 Å². The molecule has 0 spiro atoms. The molecule has 2 atom stereocenters. The fraction of sp³-hybridized carbons (Fsp3) is 0.541. The zero-order chi connectivity index (χ0) is 34.9. The van der Waals surface area contributed by atoms with Gasteiger partial charge in [-0.1, -0.05) is 19.1 Å². The average molecular weight is 694 g/mol. The summed E-state index contributed by atoms with van der Waals surface area (Å²) < 4.78 is 34.5. The standard InChI is InChI=1S/C37H43NO10S/c1-6-37(3,48-36(42)24-13-9-22(10-14-24)34(40)44-5)26-16-15-25(20(2)46-35(41)23-11-7-21(8-12-23)33(39)43-4)31-30(26)38-32(49-31)29-19-28-27(47-29)17-18-45-28/h15-24H,6-14H2,1-5H3. The van der Waals surface area contributed by atoms with Crippen molar-refractivity contribution in [2.45, 2.75) is 90.3 Å². The summed E-state index contributed by atoms with van der Waals surface area (Å²) in [4.78, 5) is 55.9. The van der Waals surface area contributed by atoms with Crippen molar-refractivity contribution in [3.63, 3.8) is 0 Å². The van der Waals surface area contributed by atoms with Gasteiger partial charge in [0.25, 0.3) is 0 Å². The van der Waals surface area contributed by atoms with Crippen molar-refractivity contribution in [2.75, 3.05) is 14.2 Å². The van der Waals surface area contributed by atoms with E-state index in [4.69, 9.17) is 32.8 Å². The van der Waals surface area contributed by atoms with Gasteiger partial charge >= 0.3 is 23.9 Å². The van der Waals surface area contributed by atoms with Crippen LogP contribution < -0.4 is 0 Å². The molecule has 4 aromatic rings. The molecule has 2 unspecified atom stereocenters. The molecule has 3 heterocycles. The van der Waals surface area contributed by atoms with Crippen LogP contribution in [0.15, 0.2) is 39.4 Å². The Kier molecular flexibility index (Phi) is 10.1. The summed E-state index contributed by atoms with van der Waals surface area (Å²) in [6.45, 7) is 5.71. The van der Waals surface area contributed by atoms with Gasteiger partial charge < -0.3 is 27.8 Å². The smallest absolute Gasteiger partial charge is 0.309 e. The maximum Gasteiger partial charge on any atom is 0.309 e. The first-order chi connectivity index (χ1) is 23.5. The van der Waals surface area contributed by atoms with Gasteiger partial charge in [0.05, 0.1) is 54.4 Å². The molecule has 2 saturated carbocycles. The second kappa shape index (κ2) is 14.3. The Bertz CT molecular complexity index is 1810. The molecular weight excluding hydrogens is 650 g/mol. The summed E-state index contributed by atoms with van der Waals surface area (Å²) in [6.07, 6.45) is 6.04. The maximum atomic E-state index is 13.6. The second-order valence-corrected chi connectivity index (χ2v) is 14.4. The van der Waals surface area contributed by atoms with Crippen LogP contribution in [-0.2, 0) is 43.7 Å². The van der Waals surface area contributed by atoms with E-state index in [2.05, 4.69) is 0 Å². The lowest BCUT2D eigenvalue weighted by molar-refractivity contribution is -0.167. The monoisotopic (exact) mass is 693 g/mol. The minimum Gasteiger partial charge on any atom is -0.469 e. The molecule has 0 N–H and O–H groups in total. The Hall–Kier alpha value is -4.19. The minimum absolute atomic E-state index is 0.185. The summed E-state index contributed by atoms with van der Waals surface area (Å²) in [5.41, 5.74) is 2.36. The number of aromatic nitrogens is 1. The lowest BCUT2D eigenvalue weighted by Crippen LogP contribution is -2.34. The van der Waals surface area contributed by atoms with Crippen molar-refractivity contribution >= 4 is 56.6 Å². The van der Waals surface area contributed by atoms with Gasteiger partial charge in [0.15, 0.2) is 21.9 Å². The SMILES string of the molecule is CCC(C)(OC(=O)C1CCC(C(=O)OC)CC1)c1ccc(C(C)OC(=O)C2CCC(C(=O)OC)CC2)c2sc(-c3cc4occc4o3)nc12. The van der Waals surface area contributed by atoms with Crippen LogP contribution in [0.1, 0.15) is 95.8 Å². The molecule has 2 aliphatic carbocycles. The molecule has 12 heteroatoms. The first kappa shape index (κ1) is 34.7. The van der Waals surface area contributed by atoms with Gasteiger partial charge in [-0.05, 0) is 71.6 Å². The average Bonchev–Trinajstić information content (AvgIpc) is 3.86. The van der Waals surface area contributed by atoms with Gasteiger partial charge in [-0.15, -0.1) is 11.3 Å². The molecule has 11 nitrogen and oxygen atoms in total. The van der Waals surface area contributed by atoms with E-state index in [1.807, 2.05) is 32.9 Å². The number of fused-ring (bicyclic) bond motifs is 2. The fourth-order valence-corrected chi connectivity index (χ4v) is 8.30. The highest BCUT2D eigenvalue weighted by molar-refractivity contribution is 7.21. The van der Waals surface area contributed by atoms with Crippen molar-refractivity contribution in [3.8, 4) is 10.8 Å². The maximum absolute atomic E-state index is 13.6. The quantitative estimate of drug-likeness (QED) is 0.118. The third kappa shape index (κ3) is 6.97. The summed E-state index contributed by atoms with van der Waals surface area (Å²) in [5.74, 6) is -1.50. The molecule has 1 aromatic carbocycles. The van der Waals surface area contributed by atoms with Crippen LogP contribution in [-0.4, -0.2) is 43.1 Å². The minimum atomic E-state index is -1.01. The Labute approximate surface area is 288 Å². The van der Waals surface area contributed by atoms with E-state index in [9.17, 15) is 19.2 Å². The number of hydrogen-bond donors (Lipinski definition) is 0. The van der Waals surface area contributed by atoms with Crippen molar-refractivity contribution in [1.29, 1.82) is 0 Å². The highest BCUT2D eigenvalue weighted by atomic mass is 32.1. The van der Waals surface area contributed by atoms with Crippen molar-refractivity contribution in [1.82, 2.24) is 4.98 Å². The Morgan fingerprint density at radius 2 is 1.43 bits per heavy atom. The topological polar surface area (TPSA) is 144 Å². The second-order valence-electron chi connectivity index (χ2n) is 13.4. The number of esters is 4. The van der Waals surface area contributed by atoms with Gasteiger partial charge in [-0.3, -0.25) is 19.2 Å². The molecule has 6 rings (SSSR count). The summed E-state index contributed by atoms with van der Waals surface area (Å²) >= 11 is 1.41. The van der Waals surface area contributed by atoms with Crippen molar-refractivity contribution < 1.29 is 47.0 Å². The molecule has 49 heavy (non-hydrogen) atoms. The molecule has 3 aromatic heterocycles. The number of thiazole rings is 1. The summed E-state index contributed by atoms with van der Waals surface area (Å²) in [5, 5.41) is 0.612. The van der Waals surface area contributed by atoms with E-state index in [1.54, 1.807) is 18.4 Å². The first-order valence-corrected chi connectivity index (χ1v) is 17.9. The molecule has 0 saturated heterocycles.